The first-order valence-corrected chi connectivity index (χ1v) is 3.46. The smallest absolute Gasteiger partial charge is 0.307 e. The van der Waals surface area contributed by atoms with Crippen molar-refractivity contribution in [2.45, 2.75) is 13.3 Å². The molecule has 1 aromatic carbocycles. The van der Waals surface area contributed by atoms with Crippen LogP contribution in [0.25, 0.3) is 0 Å². The molecule has 12 heavy (non-hydrogen) atoms. The molecule has 66 valence electrons. The van der Waals surface area contributed by atoms with Gasteiger partial charge in [-0.3, -0.25) is 4.79 Å². The molecule has 0 aliphatic carbocycles. The Kier molecular flexibility index (Phi) is 4.00. The van der Waals surface area contributed by atoms with Crippen molar-refractivity contribution in [3.63, 3.8) is 0 Å². The van der Waals surface area contributed by atoms with Gasteiger partial charge in [0.2, 0.25) is 0 Å². The van der Waals surface area contributed by atoms with E-state index in [-0.39, 0.29) is 12.6 Å². The standard InChI is InChI=1S/C9H10O2.H3N/c1-7-3-2-4-8(5-7)6-9(10)11;/h2-5H,6H2,1H3,(H,10,11);1H3. The predicted molar refractivity (Wildman–Crippen MR) is 47.5 cm³/mol. The van der Waals surface area contributed by atoms with Crippen molar-refractivity contribution in [2.24, 2.45) is 0 Å². The van der Waals surface area contributed by atoms with Gasteiger partial charge in [-0.2, -0.15) is 0 Å². The summed E-state index contributed by atoms with van der Waals surface area (Å²) < 4.78 is 0. The largest absolute Gasteiger partial charge is 0.481 e. The first-order valence-electron chi connectivity index (χ1n) is 3.46. The lowest BCUT2D eigenvalue weighted by molar-refractivity contribution is -0.136. The summed E-state index contributed by atoms with van der Waals surface area (Å²) in [4.78, 5) is 10.3. The molecule has 3 heteroatoms. The Balaban J connectivity index is 0.00000121. The summed E-state index contributed by atoms with van der Waals surface area (Å²) in [5, 5.41) is 8.46. The molecule has 0 spiro atoms. The molecule has 0 aromatic heterocycles. The van der Waals surface area contributed by atoms with Crippen LogP contribution in [0.15, 0.2) is 24.3 Å². The van der Waals surface area contributed by atoms with Crippen molar-refractivity contribution in [1.82, 2.24) is 6.15 Å². The summed E-state index contributed by atoms with van der Waals surface area (Å²) in [5.41, 5.74) is 1.96. The van der Waals surface area contributed by atoms with Gasteiger partial charge < -0.3 is 11.3 Å². The van der Waals surface area contributed by atoms with E-state index < -0.39 is 5.97 Å². The van der Waals surface area contributed by atoms with E-state index in [0.717, 1.165) is 11.1 Å². The first-order chi connectivity index (χ1) is 5.18. The second kappa shape index (κ2) is 4.51. The van der Waals surface area contributed by atoms with Crippen LogP contribution < -0.4 is 6.15 Å². The fourth-order valence-electron chi connectivity index (χ4n) is 0.997. The van der Waals surface area contributed by atoms with Gasteiger partial charge in [0.25, 0.3) is 0 Å². The zero-order chi connectivity index (χ0) is 8.27. The number of rotatable bonds is 2. The van der Waals surface area contributed by atoms with E-state index in [2.05, 4.69) is 0 Å². The zero-order valence-corrected chi connectivity index (χ0v) is 7.08. The Morgan fingerprint density at radius 1 is 1.50 bits per heavy atom. The van der Waals surface area contributed by atoms with Crippen LogP contribution in [0.2, 0.25) is 0 Å². The summed E-state index contributed by atoms with van der Waals surface area (Å²) in [5.74, 6) is -0.782. The molecule has 0 aliphatic rings. The molecule has 0 amide bonds. The van der Waals surface area contributed by atoms with Gasteiger partial charge in [-0.1, -0.05) is 29.8 Å². The number of aryl methyl sites for hydroxylation is 1. The molecule has 3 nitrogen and oxygen atoms in total. The van der Waals surface area contributed by atoms with Crippen LogP contribution in [-0.4, -0.2) is 11.1 Å². The van der Waals surface area contributed by atoms with Crippen LogP contribution in [-0.2, 0) is 11.2 Å². The Morgan fingerprint density at radius 2 is 2.17 bits per heavy atom. The highest BCUT2D eigenvalue weighted by atomic mass is 16.4. The Labute approximate surface area is 71.6 Å². The third-order valence-corrected chi connectivity index (χ3v) is 1.44. The van der Waals surface area contributed by atoms with Crippen molar-refractivity contribution >= 4 is 5.97 Å². The average Bonchev–Trinajstić information content (AvgIpc) is 1.85. The zero-order valence-electron chi connectivity index (χ0n) is 7.08. The summed E-state index contributed by atoms with van der Waals surface area (Å²) in [6.07, 6.45) is 0.113. The van der Waals surface area contributed by atoms with Gasteiger partial charge in [-0.05, 0) is 12.5 Å². The number of hydrogen-bond acceptors (Lipinski definition) is 2. The quantitative estimate of drug-likeness (QED) is 0.705. The van der Waals surface area contributed by atoms with Gasteiger partial charge in [-0.15, -0.1) is 0 Å². The van der Waals surface area contributed by atoms with E-state index in [1.165, 1.54) is 0 Å². The number of carbonyl (C=O) groups is 1. The maximum atomic E-state index is 10.3. The number of aliphatic carboxylic acids is 1. The fraction of sp³-hybridized carbons (Fsp3) is 0.222. The molecular formula is C9H13NO2. The minimum absolute atomic E-state index is 0. The third kappa shape index (κ3) is 3.16. The van der Waals surface area contributed by atoms with E-state index in [0.29, 0.717) is 0 Å². The van der Waals surface area contributed by atoms with E-state index >= 15 is 0 Å². The van der Waals surface area contributed by atoms with Crippen molar-refractivity contribution in [3.05, 3.63) is 35.4 Å². The molecule has 1 rings (SSSR count). The van der Waals surface area contributed by atoms with Gasteiger partial charge >= 0.3 is 5.97 Å². The highest BCUT2D eigenvalue weighted by molar-refractivity contribution is 5.70. The third-order valence-electron chi connectivity index (χ3n) is 1.44. The molecule has 1 aromatic rings. The lowest BCUT2D eigenvalue weighted by atomic mass is 10.1. The summed E-state index contributed by atoms with van der Waals surface area (Å²) in [6, 6.07) is 7.52. The maximum Gasteiger partial charge on any atom is 0.307 e. The lowest BCUT2D eigenvalue weighted by Gasteiger charge is -1.96. The van der Waals surface area contributed by atoms with Gasteiger partial charge in [0.15, 0.2) is 0 Å². The summed E-state index contributed by atoms with van der Waals surface area (Å²) in [7, 11) is 0. The monoisotopic (exact) mass is 167 g/mol. The lowest BCUT2D eigenvalue weighted by Crippen LogP contribution is -1.99. The second-order valence-electron chi connectivity index (χ2n) is 2.56. The average molecular weight is 167 g/mol. The van der Waals surface area contributed by atoms with Crippen molar-refractivity contribution < 1.29 is 9.90 Å². The molecule has 0 bridgehead atoms. The van der Waals surface area contributed by atoms with E-state index in [1.54, 1.807) is 0 Å². The molecule has 0 saturated heterocycles. The number of benzene rings is 1. The Bertz CT molecular complexity index is 271. The molecule has 4 N–H and O–H groups in total. The Hall–Kier alpha value is -1.35. The molecule has 0 atom stereocenters. The highest BCUT2D eigenvalue weighted by Crippen LogP contribution is 2.03. The SMILES string of the molecule is Cc1cccc(CC(=O)O)c1.N. The van der Waals surface area contributed by atoms with Crippen LogP contribution in [0.1, 0.15) is 11.1 Å². The van der Waals surface area contributed by atoms with Crippen LogP contribution in [0.3, 0.4) is 0 Å². The van der Waals surface area contributed by atoms with Crippen LogP contribution in [0.5, 0.6) is 0 Å². The second-order valence-corrected chi connectivity index (χ2v) is 2.56. The Morgan fingerprint density at radius 3 is 2.67 bits per heavy atom. The van der Waals surface area contributed by atoms with E-state index in [1.807, 2.05) is 31.2 Å². The van der Waals surface area contributed by atoms with Crippen molar-refractivity contribution in [1.29, 1.82) is 0 Å². The maximum absolute atomic E-state index is 10.3. The molecule has 0 heterocycles. The summed E-state index contributed by atoms with van der Waals surface area (Å²) >= 11 is 0. The molecular weight excluding hydrogens is 154 g/mol. The molecule has 0 saturated carbocycles. The number of hydrogen-bond donors (Lipinski definition) is 2. The fourth-order valence-corrected chi connectivity index (χ4v) is 0.997. The van der Waals surface area contributed by atoms with E-state index in [9.17, 15) is 4.79 Å². The topological polar surface area (TPSA) is 72.3 Å². The van der Waals surface area contributed by atoms with Crippen molar-refractivity contribution in [2.75, 3.05) is 0 Å². The first kappa shape index (κ1) is 10.7. The van der Waals surface area contributed by atoms with Gasteiger partial charge in [0.05, 0.1) is 6.42 Å². The van der Waals surface area contributed by atoms with Crippen LogP contribution >= 0.6 is 0 Å². The molecule has 0 unspecified atom stereocenters. The van der Waals surface area contributed by atoms with E-state index in [4.69, 9.17) is 5.11 Å². The molecule has 0 radical (unpaired) electrons. The van der Waals surface area contributed by atoms with Gasteiger partial charge in [0, 0.05) is 0 Å². The highest BCUT2D eigenvalue weighted by Gasteiger charge is 1.98. The molecule has 0 fully saturated rings. The normalized spacial score (nSPS) is 8.75. The van der Waals surface area contributed by atoms with Crippen LogP contribution in [0, 0.1) is 6.92 Å². The van der Waals surface area contributed by atoms with Crippen LogP contribution in [0.4, 0.5) is 0 Å². The van der Waals surface area contributed by atoms with Crippen molar-refractivity contribution in [3.8, 4) is 0 Å². The minimum Gasteiger partial charge on any atom is -0.481 e. The van der Waals surface area contributed by atoms with Gasteiger partial charge in [0.1, 0.15) is 0 Å². The minimum atomic E-state index is -0.782. The predicted octanol–water partition coefficient (Wildman–Crippen LogP) is 1.78. The molecule has 0 aliphatic heterocycles. The number of carboxylic acid groups (broad SMARTS) is 1. The van der Waals surface area contributed by atoms with Gasteiger partial charge in [-0.25, -0.2) is 0 Å². The summed E-state index contributed by atoms with van der Waals surface area (Å²) in [6.45, 7) is 1.95. The number of carboxylic acids is 1.